The lowest BCUT2D eigenvalue weighted by Gasteiger charge is -2.09. The molecule has 0 spiro atoms. The summed E-state index contributed by atoms with van der Waals surface area (Å²) in [5.74, 6) is -0.983. The van der Waals surface area contributed by atoms with Gasteiger partial charge in [0.15, 0.2) is 0 Å². The SMILES string of the molecule is CC(CC(=O)O)CC(=O)NCCCCCCCCCCN. The Morgan fingerprint density at radius 2 is 1.48 bits per heavy atom. The van der Waals surface area contributed by atoms with Crippen LogP contribution in [0.15, 0.2) is 0 Å². The number of rotatable bonds is 14. The highest BCUT2D eigenvalue weighted by Gasteiger charge is 2.11. The quantitative estimate of drug-likeness (QED) is 0.430. The fraction of sp³-hybridized carbons (Fsp3) is 0.875. The number of carboxylic acid groups (broad SMARTS) is 1. The first-order chi connectivity index (χ1) is 10.1. The molecule has 0 rings (SSSR count). The lowest BCUT2D eigenvalue weighted by molar-refractivity contribution is -0.138. The van der Waals surface area contributed by atoms with E-state index in [0.717, 1.165) is 25.8 Å². The molecule has 0 aromatic rings. The van der Waals surface area contributed by atoms with Gasteiger partial charge < -0.3 is 16.2 Å². The van der Waals surface area contributed by atoms with Crippen LogP contribution < -0.4 is 11.1 Å². The Morgan fingerprint density at radius 1 is 0.952 bits per heavy atom. The summed E-state index contributed by atoms with van der Waals surface area (Å²) in [6, 6.07) is 0. The number of nitrogens with one attached hydrogen (secondary N) is 1. The van der Waals surface area contributed by atoms with Gasteiger partial charge in [-0.3, -0.25) is 9.59 Å². The van der Waals surface area contributed by atoms with Crippen LogP contribution in [-0.4, -0.2) is 30.1 Å². The minimum absolute atomic E-state index is 0.0365. The van der Waals surface area contributed by atoms with Crippen molar-refractivity contribution in [2.24, 2.45) is 11.7 Å². The Labute approximate surface area is 128 Å². The zero-order valence-corrected chi connectivity index (χ0v) is 13.4. The van der Waals surface area contributed by atoms with Gasteiger partial charge in [0.2, 0.25) is 5.91 Å². The fourth-order valence-electron chi connectivity index (χ4n) is 2.32. The third kappa shape index (κ3) is 15.1. The van der Waals surface area contributed by atoms with E-state index in [0.29, 0.717) is 13.0 Å². The topological polar surface area (TPSA) is 92.4 Å². The van der Waals surface area contributed by atoms with E-state index >= 15 is 0 Å². The first-order valence-corrected chi connectivity index (χ1v) is 8.24. The van der Waals surface area contributed by atoms with Gasteiger partial charge >= 0.3 is 5.97 Å². The minimum atomic E-state index is -0.846. The molecule has 0 saturated carbocycles. The van der Waals surface area contributed by atoms with Crippen LogP contribution in [0.2, 0.25) is 0 Å². The molecule has 0 aromatic carbocycles. The molecule has 1 unspecified atom stereocenters. The molecule has 0 aromatic heterocycles. The van der Waals surface area contributed by atoms with Crippen molar-refractivity contribution in [2.45, 2.75) is 71.1 Å². The molecule has 0 heterocycles. The van der Waals surface area contributed by atoms with Crippen LogP contribution in [-0.2, 0) is 9.59 Å². The Kier molecular flexibility index (Phi) is 13.1. The molecule has 1 amide bonds. The molecule has 0 aliphatic heterocycles. The number of hydrogen-bond acceptors (Lipinski definition) is 3. The van der Waals surface area contributed by atoms with Crippen LogP contribution >= 0.6 is 0 Å². The van der Waals surface area contributed by atoms with Gasteiger partial charge in [0.1, 0.15) is 0 Å². The van der Waals surface area contributed by atoms with Crippen LogP contribution in [0.5, 0.6) is 0 Å². The molecule has 1 atom stereocenters. The van der Waals surface area contributed by atoms with Gasteiger partial charge in [0.05, 0.1) is 0 Å². The first kappa shape index (κ1) is 19.9. The summed E-state index contributed by atoms with van der Waals surface area (Å²) in [5, 5.41) is 11.5. The van der Waals surface area contributed by atoms with Gasteiger partial charge in [0.25, 0.3) is 0 Å². The zero-order chi connectivity index (χ0) is 15.9. The van der Waals surface area contributed by atoms with Gasteiger partial charge in [-0.15, -0.1) is 0 Å². The maximum Gasteiger partial charge on any atom is 0.303 e. The van der Waals surface area contributed by atoms with Crippen molar-refractivity contribution in [3.63, 3.8) is 0 Å². The smallest absolute Gasteiger partial charge is 0.303 e. The van der Waals surface area contributed by atoms with Crippen molar-refractivity contribution in [3.05, 3.63) is 0 Å². The number of amides is 1. The molecule has 124 valence electrons. The maximum absolute atomic E-state index is 11.6. The summed E-state index contributed by atoms with van der Waals surface area (Å²) in [5.41, 5.74) is 5.44. The van der Waals surface area contributed by atoms with E-state index in [2.05, 4.69) is 5.32 Å². The summed E-state index contributed by atoms with van der Waals surface area (Å²) in [4.78, 5) is 22.1. The summed E-state index contributed by atoms with van der Waals surface area (Å²) in [6.45, 7) is 3.29. The molecule has 0 aliphatic carbocycles. The molecule has 4 N–H and O–H groups in total. The van der Waals surface area contributed by atoms with E-state index in [1.165, 1.54) is 32.1 Å². The number of hydrogen-bond donors (Lipinski definition) is 3. The molecular weight excluding hydrogens is 268 g/mol. The molecule has 0 saturated heterocycles. The lowest BCUT2D eigenvalue weighted by Crippen LogP contribution is -2.26. The highest BCUT2D eigenvalue weighted by atomic mass is 16.4. The van der Waals surface area contributed by atoms with Crippen LogP contribution in [0.3, 0.4) is 0 Å². The predicted octanol–water partition coefficient (Wildman–Crippen LogP) is 2.68. The predicted molar refractivity (Wildman–Crippen MR) is 85.0 cm³/mol. The first-order valence-electron chi connectivity index (χ1n) is 8.24. The van der Waals surface area contributed by atoms with Crippen LogP contribution in [0.25, 0.3) is 0 Å². The second-order valence-electron chi connectivity index (χ2n) is 5.87. The third-order valence-electron chi connectivity index (χ3n) is 3.51. The summed E-state index contributed by atoms with van der Waals surface area (Å²) in [7, 11) is 0. The molecular formula is C16H32N2O3. The van der Waals surface area contributed by atoms with Crippen molar-refractivity contribution in [1.29, 1.82) is 0 Å². The van der Waals surface area contributed by atoms with Crippen molar-refractivity contribution in [3.8, 4) is 0 Å². The fourth-order valence-corrected chi connectivity index (χ4v) is 2.32. The van der Waals surface area contributed by atoms with E-state index in [9.17, 15) is 9.59 Å². The number of carbonyl (C=O) groups excluding carboxylic acids is 1. The summed E-state index contributed by atoms with van der Waals surface area (Å²) < 4.78 is 0. The summed E-state index contributed by atoms with van der Waals surface area (Å²) >= 11 is 0. The van der Waals surface area contributed by atoms with Gasteiger partial charge in [-0.1, -0.05) is 45.4 Å². The molecule has 0 aliphatic rings. The van der Waals surface area contributed by atoms with E-state index in [4.69, 9.17) is 10.8 Å². The third-order valence-corrected chi connectivity index (χ3v) is 3.51. The molecule has 21 heavy (non-hydrogen) atoms. The van der Waals surface area contributed by atoms with Gasteiger partial charge in [-0.25, -0.2) is 0 Å². The number of nitrogens with two attached hydrogens (primary N) is 1. The van der Waals surface area contributed by atoms with Crippen LogP contribution in [0, 0.1) is 5.92 Å². The van der Waals surface area contributed by atoms with Crippen molar-refractivity contribution >= 4 is 11.9 Å². The van der Waals surface area contributed by atoms with E-state index in [1.54, 1.807) is 6.92 Å². The zero-order valence-electron chi connectivity index (χ0n) is 13.4. The Morgan fingerprint density at radius 3 is 2.00 bits per heavy atom. The Bertz CT molecular complexity index is 283. The average molecular weight is 300 g/mol. The summed E-state index contributed by atoms with van der Waals surface area (Å²) in [6.07, 6.45) is 9.89. The highest BCUT2D eigenvalue weighted by Crippen LogP contribution is 2.09. The van der Waals surface area contributed by atoms with E-state index in [-0.39, 0.29) is 18.2 Å². The molecule has 0 bridgehead atoms. The standard InChI is InChI=1S/C16H32N2O3/c1-14(13-16(20)21)12-15(19)18-11-9-7-5-3-2-4-6-8-10-17/h14H,2-13,17H2,1H3,(H,18,19)(H,20,21). The number of unbranched alkanes of at least 4 members (excludes halogenated alkanes) is 7. The average Bonchev–Trinajstić information content (AvgIpc) is 2.39. The Hall–Kier alpha value is -1.10. The molecule has 0 fully saturated rings. The van der Waals surface area contributed by atoms with Crippen molar-refractivity contribution < 1.29 is 14.7 Å². The maximum atomic E-state index is 11.6. The second kappa shape index (κ2) is 13.9. The largest absolute Gasteiger partial charge is 0.481 e. The lowest BCUT2D eigenvalue weighted by atomic mass is 10.0. The monoisotopic (exact) mass is 300 g/mol. The molecule has 5 heteroatoms. The van der Waals surface area contributed by atoms with Crippen LogP contribution in [0.4, 0.5) is 0 Å². The number of carboxylic acids is 1. The van der Waals surface area contributed by atoms with Gasteiger partial charge in [-0.2, -0.15) is 0 Å². The second-order valence-corrected chi connectivity index (χ2v) is 5.87. The highest BCUT2D eigenvalue weighted by molar-refractivity contribution is 5.77. The van der Waals surface area contributed by atoms with E-state index in [1.807, 2.05) is 0 Å². The minimum Gasteiger partial charge on any atom is -0.481 e. The molecule has 5 nitrogen and oxygen atoms in total. The van der Waals surface area contributed by atoms with Crippen molar-refractivity contribution in [2.75, 3.05) is 13.1 Å². The Balaban J connectivity index is 3.30. The van der Waals surface area contributed by atoms with Gasteiger partial charge in [0, 0.05) is 19.4 Å². The van der Waals surface area contributed by atoms with Gasteiger partial charge in [-0.05, 0) is 25.3 Å². The van der Waals surface area contributed by atoms with Crippen LogP contribution in [0.1, 0.15) is 71.1 Å². The van der Waals surface area contributed by atoms with E-state index < -0.39 is 5.97 Å². The molecule has 0 radical (unpaired) electrons. The normalized spacial score (nSPS) is 12.1. The van der Waals surface area contributed by atoms with Crippen molar-refractivity contribution in [1.82, 2.24) is 5.32 Å². The number of carbonyl (C=O) groups is 2. The number of aliphatic carboxylic acids is 1.